The largest absolute Gasteiger partial charge is 0.324 e. The summed E-state index contributed by atoms with van der Waals surface area (Å²) in [6.07, 6.45) is 0. The molecule has 1 saturated heterocycles. The Kier molecular flexibility index (Phi) is 6.83. The summed E-state index contributed by atoms with van der Waals surface area (Å²) in [6.45, 7) is 0.793. The van der Waals surface area contributed by atoms with Gasteiger partial charge in [-0.3, -0.25) is 9.69 Å². The summed E-state index contributed by atoms with van der Waals surface area (Å²) in [5, 5.41) is 2.81. The van der Waals surface area contributed by atoms with E-state index in [0.29, 0.717) is 5.69 Å². The van der Waals surface area contributed by atoms with E-state index in [1.807, 2.05) is 35.2 Å². The third kappa shape index (κ3) is 5.11. The number of hydrogen-bond donors (Lipinski definition) is 1. The first kappa shape index (κ1) is 23.0. The SMILES string of the molecule is O=C(Nc1ccc(F)cc1)[C@H](c1ccccc1)N1CCN(S(=O)(=O)c2ccccc2F)CC1. The normalized spacial score (nSPS) is 16.3. The molecule has 1 amide bonds. The lowest BCUT2D eigenvalue weighted by Gasteiger charge is -2.38. The van der Waals surface area contributed by atoms with Crippen LogP contribution >= 0.6 is 0 Å². The summed E-state index contributed by atoms with van der Waals surface area (Å²) in [5.41, 5.74) is 1.21. The number of carbonyl (C=O) groups is 1. The maximum atomic E-state index is 14.1. The minimum Gasteiger partial charge on any atom is -0.324 e. The summed E-state index contributed by atoms with van der Waals surface area (Å²) >= 11 is 0. The number of nitrogens with zero attached hydrogens (tertiary/aromatic N) is 2. The highest BCUT2D eigenvalue weighted by Crippen LogP contribution is 2.27. The standard InChI is InChI=1S/C24H23F2N3O3S/c25-19-10-12-20(13-11-19)27-24(30)23(18-6-2-1-3-7-18)28-14-16-29(17-15-28)33(31,32)22-9-5-4-8-21(22)26/h1-13,23H,14-17H2,(H,27,30)/t23-/m0/s1. The highest BCUT2D eigenvalue weighted by molar-refractivity contribution is 7.89. The van der Waals surface area contributed by atoms with Crippen LogP contribution in [0, 0.1) is 11.6 Å². The van der Waals surface area contributed by atoms with Crippen molar-refractivity contribution < 1.29 is 22.0 Å². The molecule has 9 heteroatoms. The minimum absolute atomic E-state index is 0.115. The van der Waals surface area contributed by atoms with E-state index in [2.05, 4.69) is 5.32 Å². The molecule has 1 fully saturated rings. The maximum absolute atomic E-state index is 14.1. The number of carbonyl (C=O) groups excluding carboxylic acids is 1. The molecule has 1 N–H and O–H groups in total. The van der Waals surface area contributed by atoms with Crippen molar-refractivity contribution in [3.8, 4) is 0 Å². The van der Waals surface area contributed by atoms with Crippen LogP contribution in [0.2, 0.25) is 0 Å². The monoisotopic (exact) mass is 471 g/mol. The fourth-order valence-corrected chi connectivity index (χ4v) is 5.39. The van der Waals surface area contributed by atoms with Gasteiger partial charge in [-0.25, -0.2) is 17.2 Å². The van der Waals surface area contributed by atoms with Gasteiger partial charge in [0.15, 0.2) is 0 Å². The number of halogens is 2. The predicted octanol–water partition coefficient (Wildman–Crippen LogP) is 3.65. The average molecular weight is 472 g/mol. The van der Waals surface area contributed by atoms with Crippen molar-refractivity contribution in [2.75, 3.05) is 31.5 Å². The van der Waals surface area contributed by atoms with Gasteiger partial charge in [-0.05, 0) is 42.0 Å². The maximum Gasteiger partial charge on any atom is 0.246 e. The molecule has 0 bridgehead atoms. The molecule has 1 atom stereocenters. The molecule has 0 radical (unpaired) electrons. The lowest BCUT2D eigenvalue weighted by Crippen LogP contribution is -2.51. The van der Waals surface area contributed by atoms with Crippen molar-refractivity contribution in [2.45, 2.75) is 10.9 Å². The summed E-state index contributed by atoms with van der Waals surface area (Å²) in [7, 11) is -3.98. The van der Waals surface area contributed by atoms with Crippen LogP contribution in [0.3, 0.4) is 0 Å². The Bertz CT molecular complexity index is 1210. The van der Waals surface area contributed by atoms with E-state index in [-0.39, 0.29) is 37.0 Å². The van der Waals surface area contributed by atoms with Crippen LogP contribution in [-0.2, 0) is 14.8 Å². The van der Waals surface area contributed by atoms with E-state index in [9.17, 15) is 22.0 Å². The Hall–Kier alpha value is -3.14. The van der Waals surface area contributed by atoms with E-state index in [4.69, 9.17) is 0 Å². The van der Waals surface area contributed by atoms with E-state index in [1.165, 1.54) is 46.8 Å². The van der Waals surface area contributed by atoms with Gasteiger partial charge in [0.1, 0.15) is 22.6 Å². The molecule has 0 saturated carbocycles. The molecular weight excluding hydrogens is 448 g/mol. The molecule has 0 aromatic heterocycles. The van der Waals surface area contributed by atoms with Gasteiger partial charge >= 0.3 is 0 Å². The Labute approximate surface area is 191 Å². The Morgan fingerprint density at radius 3 is 2.06 bits per heavy atom. The van der Waals surface area contributed by atoms with Gasteiger partial charge in [0.25, 0.3) is 0 Å². The van der Waals surface area contributed by atoms with Gasteiger partial charge in [-0.15, -0.1) is 0 Å². The minimum atomic E-state index is -3.98. The Morgan fingerprint density at radius 1 is 0.818 bits per heavy atom. The molecular formula is C24H23F2N3O3S. The number of amides is 1. The fourth-order valence-electron chi connectivity index (χ4n) is 3.90. The van der Waals surface area contributed by atoms with Gasteiger partial charge in [-0.2, -0.15) is 4.31 Å². The first-order valence-corrected chi connectivity index (χ1v) is 11.9. The number of nitrogens with one attached hydrogen (secondary N) is 1. The lowest BCUT2D eigenvalue weighted by molar-refractivity contribution is -0.122. The third-order valence-corrected chi connectivity index (χ3v) is 7.50. The van der Waals surface area contributed by atoms with Gasteiger partial charge in [0.05, 0.1) is 0 Å². The molecule has 1 aliphatic heterocycles. The zero-order valence-electron chi connectivity index (χ0n) is 17.7. The summed E-state index contributed by atoms with van der Waals surface area (Å²) in [5.74, 6) is -1.50. The number of sulfonamides is 1. The zero-order valence-corrected chi connectivity index (χ0v) is 18.5. The van der Waals surface area contributed by atoms with E-state index < -0.39 is 27.7 Å². The van der Waals surface area contributed by atoms with Crippen molar-refractivity contribution in [3.63, 3.8) is 0 Å². The van der Waals surface area contributed by atoms with Crippen LogP contribution in [0.4, 0.5) is 14.5 Å². The Morgan fingerprint density at radius 2 is 1.42 bits per heavy atom. The summed E-state index contributed by atoms with van der Waals surface area (Å²) in [6, 6.07) is 19.3. The van der Waals surface area contributed by atoms with Crippen molar-refractivity contribution in [2.24, 2.45) is 0 Å². The molecule has 1 heterocycles. The van der Waals surface area contributed by atoms with Crippen LogP contribution in [0.5, 0.6) is 0 Å². The molecule has 0 unspecified atom stereocenters. The van der Waals surface area contributed by atoms with Crippen LogP contribution in [0.25, 0.3) is 0 Å². The first-order chi connectivity index (χ1) is 15.9. The number of anilines is 1. The van der Waals surface area contributed by atoms with Gasteiger partial charge in [0, 0.05) is 31.9 Å². The van der Waals surface area contributed by atoms with Gasteiger partial charge in [0.2, 0.25) is 15.9 Å². The van der Waals surface area contributed by atoms with Crippen molar-refractivity contribution in [3.05, 3.63) is 96.1 Å². The molecule has 172 valence electrons. The van der Waals surface area contributed by atoms with E-state index in [0.717, 1.165) is 11.6 Å². The zero-order chi connectivity index (χ0) is 23.4. The molecule has 3 aromatic rings. The van der Waals surface area contributed by atoms with Crippen LogP contribution in [0.1, 0.15) is 11.6 Å². The average Bonchev–Trinajstić information content (AvgIpc) is 2.82. The number of rotatable bonds is 6. The van der Waals surface area contributed by atoms with Gasteiger partial charge < -0.3 is 5.32 Å². The summed E-state index contributed by atoms with van der Waals surface area (Å²) < 4.78 is 54.4. The smallest absolute Gasteiger partial charge is 0.246 e. The van der Waals surface area contributed by atoms with Crippen LogP contribution in [0.15, 0.2) is 83.8 Å². The molecule has 6 nitrogen and oxygen atoms in total. The molecule has 33 heavy (non-hydrogen) atoms. The predicted molar refractivity (Wildman–Crippen MR) is 121 cm³/mol. The molecule has 0 spiro atoms. The van der Waals surface area contributed by atoms with Crippen LogP contribution < -0.4 is 5.32 Å². The molecule has 3 aromatic carbocycles. The number of piperazine rings is 1. The van der Waals surface area contributed by atoms with Crippen molar-refractivity contribution in [1.82, 2.24) is 9.21 Å². The lowest BCUT2D eigenvalue weighted by atomic mass is 10.0. The van der Waals surface area contributed by atoms with E-state index in [1.54, 1.807) is 0 Å². The van der Waals surface area contributed by atoms with Gasteiger partial charge in [-0.1, -0.05) is 42.5 Å². The van der Waals surface area contributed by atoms with Crippen LogP contribution in [-0.4, -0.2) is 49.7 Å². The highest BCUT2D eigenvalue weighted by atomic mass is 32.2. The third-order valence-electron chi connectivity index (χ3n) is 5.57. The fraction of sp³-hybridized carbons (Fsp3) is 0.208. The molecule has 0 aliphatic carbocycles. The van der Waals surface area contributed by atoms with Crippen molar-refractivity contribution >= 4 is 21.6 Å². The topological polar surface area (TPSA) is 69.7 Å². The second-order valence-corrected chi connectivity index (χ2v) is 9.59. The second kappa shape index (κ2) is 9.78. The summed E-state index contributed by atoms with van der Waals surface area (Å²) in [4.78, 5) is 14.7. The molecule has 4 rings (SSSR count). The first-order valence-electron chi connectivity index (χ1n) is 10.5. The van der Waals surface area contributed by atoms with Crippen molar-refractivity contribution in [1.29, 1.82) is 0 Å². The molecule has 1 aliphatic rings. The number of benzene rings is 3. The Balaban J connectivity index is 1.53. The van der Waals surface area contributed by atoms with E-state index >= 15 is 0 Å². The quantitative estimate of drug-likeness (QED) is 0.596. The second-order valence-electron chi connectivity index (χ2n) is 7.68. The number of hydrogen-bond acceptors (Lipinski definition) is 4. The highest BCUT2D eigenvalue weighted by Gasteiger charge is 2.35.